The molecule has 18 heavy (non-hydrogen) atoms. The van der Waals surface area contributed by atoms with Crippen molar-refractivity contribution in [1.82, 2.24) is 10.1 Å². The molecule has 0 radical (unpaired) electrons. The van der Waals surface area contributed by atoms with Gasteiger partial charge in [-0.1, -0.05) is 31.1 Å². The Morgan fingerprint density at radius 3 is 2.78 bits per heavy atom. The highest BCUT2D eigenvalue weighted by molar-refractivity contribution is 5.53. The van der Waals surface area contributed by atoms with E-state index in [1.165, 1.54) is 12.1 Å². The molecule has 2 N–H and O–H groups in total. The van der Waals surface area contributed by atoms with Crippen molar-refractivity contribution in [3.8, 4) is 11.4 Å². The Morgan fingerprint density at radius 2 is 2.17 bits per heavy atom. The summed E-state index contributed by atoms with van der Waals surface area (Å²) >= 11 is 0. The molecule has 5 heteroatoms. The first-order chi connectivity index (χ1) is 8.61. The zero-order valence-corrected chi connectivity index (χ0v) is 10.4. The van der Waals surface area contributed by atoms with Crippen LogP contribution >= 0.6 is 0 Å². The Labute approximate surface area is 105 Å². The van der Waals surface area contributed by atoms with Crippen LogP contribution in [-0.4, -0.2) is 16.7 Å². The summed E-state index contributed by atoms with van der Waals surface area (Å²) in [6.45, 7) is 4.54. The number of nitrogens with two attached hydrogens (primary N) is 1. The molecule has 0 fully saturated rings. The fourth-order valence-electron chi connectivity index (χ4n) is 1.79. The Bertz CT molecular complexity index is 524. The first-order valence-electron chi connectivity index (χ1n) is 5.91. The van der Waals surface area contributed by atoms with Crippen molar-refractivity contribution >= 4 is 0 Å². The monoisotopic (exact) mass is 249 g/mol. The Hall–Kier alpha value is -1.75. The number of aromatic nitrogens is 2. The van der Waals surface area contributed by atoms with Crippen molar-refractivity contribution in [3.63, 3.8) is 0 Å². The maximum absolute atomic E-state index is 13.1. The molecule has 1 aromatic carbocycles. The van der Waals surface area contributed by atoms with Gasteiger partial charge in [0.2, 0.25) is 11.7 Å². The maximum Gasteiger partial charge on any atom is 0.231 e. The van der Waals surface area contributed by atoms with Crippen LogP contribution in [0.3, 0.4) is 0 Å². The van der Waals surface area contributed by atoms with Crippen LogP contribution in [0.15, 0.2) is 28.8 Å². The first kappa shape index (κ1) is 12.7. The smallest absolute Gasteiger partial charge is 0.231 e. The molecule has 0 saturated heterocycles. The van der Waals surface area contributed by atoms with Gasteiger partial charge in [0.25, 0.3) is 0 Å². The van der Waals surface area contributed by atoms with Crippen LogP contribution in [0.1, 0.15) is 25.7 Å². The lowest BCUT2D eigenvalue weighted by molar-refractivity contribution is 0.324. The average molecular weight is 249 g/mol. The molecule has 2 aromatic rings. The molecule has 1 aromatic heterocycles. The lowest BCUT2D eigenvalue weighted by Gasteiger charge is -2.13. The van der Waals surface area contributed by atoms with Crippen molar-refractivity contribution in [1.29, 1.82) is 0 Å². The number of rotatable bonds is 4. The van der Waals surface area contributed by atoms with Crippen LogP contribution in [0.25, 0.3) is 11.4 Å². The van der Waals surface area contributed by atoms with Crippen LogP contribution in [0.4, 0.5) is 4.39 Å². The van der Waals surface area contributed by atoms with E-state index in [0.717, 1.165) is 0 Å². The van der Waals surface area contributed by atoms with Crippen molar-refractivity contribution in [3.05, 3.63) is 36.0 Å². The fraction of sp³-hybridized carbons (Fsp3) is 0.385. The molecule has 0 aliphatic heterocycles. The fourth-order valence-corrected chi connectivity index (χ4v) is 1.79. The minimum Gasteiger partial charge on any atom is -0.339 e. The summed E-state index contributed by atoms with van der Waals surface area (Å²) in [5, 5.41) is 3.87. The van der Waals surface area contributed by atoms with E-state index >= 15 is 0 Å². The molecule has 0 spiro atoms. The predicted molar refractivity (Wildman–Crippen MR) is 66.3 cm³/mol. The van der Waals surface area contributed by atoms with E-state index < -0.39 is 0 Å². The van der Waals surface area contributed by atoms with E-state index in [2.05, 4.69) is 10.1 Å². The third kappa shape index (κ3) is 2.56. The van der Waals surface area contributed by atoms with Crippen molar-refractivity contribution in [2.75, 3.05) is 6.54 Å². The van der Waals surface area contributed by atoms with Gasteiger partial charge in [-0.2, -0.15) is 4.98 Å². The molecule has 96 valence electrons. The quantitative estimate of drug-likeness (QED) is 0.904. The number of hydrogen-bond acceptors (Lipinski definition) is 4. The average Bonchev–Trinajstić information content (AvgIpc) is 2.79. The molecule has 2 rings (SSSR count). The summed E-state index contributed by atoms with van der Waals surface area (Å²) in [5.74, 6) is 0.920. The second-order valence-corrected chi connectivity index (χ2v) is 4.55. The molecule has 4 nitrogen and oxygen atoms in total. The predicted octanol–water partition coefficient (Wildman–Crippen LogP) is 2.57. The standard InChI is InChI=1S/C13H16FN3O/c1-8(2)11(7-15)13-16-12(17-18-13)9-4-3-5-10(14)6-9/h3-6,8,11H,7,15H2,1-2H3. The lowest BCUT2D eigenvalue weighted by atomic mass is 9.96. The van der Waals surface area contributed by atoms with Gasteiger partial charge in [-0.15, -0.1) is 0 Å². The normalized spacial score (nSPS) is 12.9. The Kier molecular flexibility index (Phi) is 3.72. The number of nitrogens with zero attached hydrogens (tertiary/aromatic N) is 2. The first-order valence-corrected chi connectivity index (χ1v) is 5.91. The molecule has 1 atom stereocenters. The third-order valence-electron chi connectivity index (χ3n) is 2.90. The Balaban J connectivity index is 2.30. The zero-order chi connectivity index (χ0) is 13.1. The minimum atomic E-state index is -0.321. The van der Waals surface area contributed by atoms with Gasteiger partial charge in [0.15, 0.2) is 0 Å². The van der Waals surface area contributed by atoms with E-state index in [-0.39, 0.29) is 11.7 Å². The van der Waals surface area contributed by atoms with Gasteiger partial charge < -0.3 is 10.3 Å². The molecule has 0 aliphatic rings. The van der Waals surface area contributed by atoms with E-state index in [4.69, 9.17) is 10.3 Å². The van der Waals surface area contributed by atoms with E-state index in [1.807, 2.05) is 13.8 Å². The number of benzene rings is 1. The molecule has 0 amide bonds. The molecule has 0 aliphatic carbocycles. The summed E-state index contributed by atoms with van der Waals surface area (Å²) in [5.41, 5.74) is 6.29. The SMILES string of the molecule is CC(C)C(CN)c1nc(-c2cccc(F)c2)no1. The summed E-state index contributed by atoms with van der Waals surface area (Å²) < 4.78 is 18.3. The second-order valence-electron chi connectivity index (χ2n) is 4.55. The molecule has 0 saturated carbocycles. The molecule has 1 heterocycles. The summed E-state index contributed by atoms with van der Waals surface area (Å²) in [6.07, 6.45) is 0. The third-order valence-corrected chi connectivity index (χ3v) is 2.90. The van der Waals surface area contributed by atoms with Gasteiger partial charge in [-0.05, 0) is 18.1 Å². The van der Waals surface area contributed by atoms with E-state index in [9.17, 15) is 4.39 Å². The maximum atomic E-state index is 13.1. The van der Waals surface area contributed by atoms with Gasteiger partial charge in [-0.3, -0.25) is 0 Å². The van der Waals surface area contributed by atoms with E-state index in [1.54, 1.807) is 12.1 Å². The molecular formula is C13H16FN3O. The summed E-state index contributed by atoms with van der Waals surface area (Å²) in [4.78, 5) is 4.29. The lowest BCUT2D eigenvalue weighted by Crippen LogP contribution is -2.18. The molecular weight excluding hydrogens is 233 g/mol. The number of hydrogen-bond donors (Lipinski definition) is 1. The van der Waals surface area contributed by atoms with Crippen molar-refractivity contribution < 1.29 is 8.91 Å². The van der Waals surface area contributed by atoms with Gasteiger partial charge in [0.05, 0.1) is 5.92 Å². The van der Waals surface area contributed by atoms with Gasteiger partial charge >= 0.3 is 0 Å². The highest BCUT2D eigenvalue weighted by Crippen LogP contribution is 2.24. The van der Waals surface area contributed by atoms with Crippen LogP contribution in [0.2, 0.25) is 0 Å². The van der Waals surface area contributed by atoms with Crippen LogP contribution in [0, 0.1) is 11.7 Å². The van der Waals surface area contributed by atoms with Gasteiger partial charge in [0, 0.05) is 12.1 Å². The van der Waals surface area contributed by atoms with Crippen molar-refractivity contribution in [2.45, 2.75) is 19.8 Å². The van der Waals surface area contributed by atoms with E-state index in [0.29, 0.717) is 29.7 Å². The topological polar surface area (TPSA) is 64.9 Å². The highest BCUT2D eigenvalue weighted by Gasteiger charge is 2.21. The summed E-state index contributed by atoms with van der Waals surface area (Å²) in [7, 11) is 0. The van der Waals surface area contributed by atoms with Crippen LogP contribution < -0.4 is 5.73 Å². The Morgan fingerprint density at radius 1 is 1.39 bits per heavy atom. The van der Waals surface area contributed by atoms with Gasteiger partial charge in [0.1, 0.15) is 5.82 Å². The van der Waals surface area contributed by atoms with Crippen molar-refractivity contribution in [2.24, 2.45) is 11.7 Å². The largest absolute Gasteiger partial charge is 0.339 e. The highest BCUT2D eigenvalue weighted by atomic mass is 19.1. The second kappa shape index (κ2) is 5.27. The van der Waals surface area contributed by atoms with Crippen LogP contribution in [0.5, 0.6) is 0 Å². The molecule has 1 unspecified atom stereocenters. The number of halogens is 1. The minimum absolute atomic E-state index is 0.0276. The van der Waals surface area contributed by atoms with Gasteiger partial charge in [-0.25, -0.2) is 4.39 Å². The van der Waals surface area contributed by atoms with Crippen LogP contribution in [-0.2, 0) is 0 Å². The zero-order valence-electron chi connectivity index (χ0n) is 10.4. The summed E-state index contributed by atoms with van der Waals surface area (Å²) in [6, 6.07) is 6.11. The molecule has 0 bridgehead atoms.